The molecule has 0 nitrogen and oxygen atoms in total. The zero-order valence-corrected chi connectivity index (χ0v) is 10.6. The maximum absolute atomic E-state index is 3.26. The average Bonchev–Trinajstić information content (AvgIpc) is 2.30. The highest BCUT2D eigenvalue weighted by molar-refractivity contribution is 5.24. The van der Waals surface area contributed by atoms with Crippen LogP contribution in [0.1, 0.15) is 50.2 Å². The molecule has 0 N–H and O–H groups in total. The van der Waals surface area contributed by atoms with E-state index in [9.17, 15) is 0 Å². The molecule has 0 aliphatic carbocycles. The standard InChI is InChI=1S/C16H22/c1-3-4-5-6-7-8-9-10-16-13-11-15(2)12-14-16/h11-14H,3-7,10H2,1-2H3. The van der Waals surface area contributed by atoms with Gasteiger partial charge in [-0.1, -0.05) is 61.9 Å². The first-order chi connectivity index (χ1) is 7.83. The average molecular weight is 214 g/mol. The van der Waals surface area contributed by atoms with E-state index in [-0.39, 0.29) is 0 Å². The molecular formula is C16H22. The minimum atomic E-state index is 0.897. The van der Waals surface area contributed by atoms with E-state index >= 15 is 0 Å². The lowest BCUT2D eigenvalue weighted by molar-refractivity contribution is 0.679. The third-order valence-electron chi connectivity index (χ3n) is 2.69. The van der Waals surface area contributed by atoms with Gasteiger partial charge in [0.05, 0.1) is 0 Å². The Kier molecular flexibility index (Phi) is 6.42. The van der Waals surface area contributed by atoms with Crippen LogP contribution in [-0.4, -0.2) is 0 Å². The molecule has 86 valence electrons. The van der Waals surface area contributed by atoms with Crippen LogP contribution in [0.4, 0.5) is 0 Å². The molecule has 1 rings (SSSR count). The number of hydrogen-bond acceptors (Lipinski definition) is 0. The van der Waals surface area contributed by atoms with Gasteiger partial charge in [0.2, 0.25) is 0 Å². The Balaban J connectivity index is 2.19. The third kappa shape index (κ3) is 5.61. The Labute approximate surface area is 100 Å². The highest BCUT2D eigenvalue weighted by atomic mass is 13.9. The molecule has 0 fully saturated rings. The molecule has 1 aromatic rings. The molecule has 0 spiro atoms. The van der Waals surface area contributed by atoms with Crippen molar-refractivity contribution in [1.82, 2.24) is 0 Å². The van der Waals surface area contributed by atoms with E-state index in [1.807, 2.05) is 0 Å². The van der Waals surface area contributed by atoms with Crippen LogP contribution in [0.5, 0.6) is 0 Å². The second-order valence-electron chi connectivity index (χ2n) is 4.33. The Hall–Kier alpha value is -1.22. The number of hydrogen-bond donors (Lipinski definition) is 0. The molecule has 0 radical (unpaired) electrons. The van der Waals surface area contributed by atoms with Crippen molar-refractivity contribution in [3.8, 4) is 11.8 Å². The molecule has 0 aliphatic heterocycles. The molecule has 16 heavy (non-hydrogen) atoms. The maximum Gasteiger partial charge on any atom is 0.0340 e. The van der Waals surface area contributed by atoms with Gasteiger partial charge in [0, 0.05) is 12.8 Å². The summed E-state index contributed by atoms with van der Waals surface area (Å²) in [6.07, 6.45) is 7.20. The Morgan fingerprint density at radius 1 is 0.938 bits per heavy atom. The molecule has 1 aromatic carbocycles. The topological polar surface area (TPSA) is 0 Å². The summed E-state index contributed by atoms with van der Waals surface area (Å²) in [5.74, 6) is 6.51. The lowest BCUT2D eigenvalue weighted by atomic mass is 10.1. The number of aryl methyl sites for hydroxylation is 1. The minimum absolute atomic E-state index is 0.897. The van der Waals surface area contributed by atoms with E-state index in [0.29, 0.717) is 0 Å². The Morgan fingerprint density at radius 2 is 1.69 bits per heavy atom. The second-order valence-corrected chi connectivity index (χ2v) is 4.33. The molecule has 0 aromatic heterocycles. The highest BCUT2D eigenvalue weighted by Gasteiger charge is 1.88. The van der Waals surface area contributed by atoms with Crippen molar-refractivity contribution in [2.24, 2.45) is 0 Å². The van der Waals surface area contributed by atoms with Crippen molar-refractivity contribution in [3.05, 3.63) is 35.4 Å². The molecule has 0 unspecified atom stereocenters. The first kappa shape index (κ1) is 12.8. The lowest BCUT2D eigenvalue weighted by Crippen LogP contribution is -1.81. The van der Waals surface area contributed by atoms with Crippen LogP contribution in [-0.2, 0) is 6.42 Å². The van der Waals surface area contributed by atoms with Crippen molar-refractivity contribution in [1.29, 1.82) is 0 Å². The van der Waals surface area contributed by atoms with E-state index in [2.05, 4.69) is 50.0 Å². The first-order valence-electron chi connectivity index (χ1n) is 6.34. The van der Waals surface area contributed by atoms with E-state index in [4.69, 9.17) is 0 Å². The summed E-state index contributed by atoms with van der Waals surface area (Å²) >= 11 is 0. The first-order valence-corrected chi connectivity index (χ1v) is 6.34. The van der Waals surface area contributed by atoms with Crippen molar-refractivity contribution >= 4 is 0 Å². The predicted molar refractivity (Wildman–Crippen MR) is 71.4 cm³/mol. The summed E-state index contributed by atoms with van der Waals surface area (Å²) in [6.45, 7) is 4.35. The van der Waals surface area contributed by atoms with Crippen molar-refractivity contribution in [3.63, 3.8) is 0 Å². The van der Waals surface area contributed by atoms with Crippen LogP contribution < -0.4 is 0 Å². The highest BCUT2D eigenvalue weighted by Crippen LogP contribution is 2.04. The third-order valence-corrected chi connectivity index (χ3v) is 2.69. The molecule has 0 aliphatic rings. The maximum atomic E-state index is 3.26. The van der Waals surface area contributed by atoms with Crippen LogP contribution in [0.2, 0.25) is 0 Å². The van der Waals surface area contributed by atoms with Crippen molar-refractivity contribution in [2.75, 3.05) is 0 Å². The zero-order valence-electron chi connectivity index (χ0n) is 10.6. The molecule has 0 heteroatoms. The monoisotopic (exact) mass is 214 g/mol. The summed E-state index contributed by atoms with van der Waals surface area (Å²) < 4.78 is 0. The van der Waals surface area contributed by atoms with Crippen LogP contribution in [0.3, 0.4) is 0 Å². The Bertz CT molecular complexity index is 335. The van der Waals surface area contributed by atoms with E-state index < -0.39 is 0 Å². The molecule has 0 saturated carbocycles. The number of benzene rings is 1. The number of rotatable bonds is 5. The Morgan fingerprint density at radius 3 is 2.38 bits per heavy atom. The van der Waals surface area contributed by atoms with Gasteiger partial charge in [-0.3, -0.25) is 0 Å². The van der Waals surface area contributed by atoms with Gasteiger partial charge in [-0.15, -0.1) is 5.92 Å². The van der Waals surface area contributed by atoms with Gasteiger partial charge in [-0.2, -0.15) is 0 Å². The van der Waals surface area contributed by atoms with E-state index in [0.717, 1.165) is 12.8 Å². The fraction of sp³-hybridized carbons (Fsp3) is 0.500. The van der Waals surface area contributed by atoms with Gasteiger partial charge in [-0.25, -0.2) is 0 Å². The molecule has 0 heterocycles. The molecular weight excluding hydrogens is 192 g/mol. The van der Waals surface area contributed by atoms with Crippen LogP contribution in [0, 0.1) is 18.8 Å². The predicted octanol–water partition coefficient (Wildman–Crippen LogP) is 4.51. The quantitative estimate of drug-likeness (QED) is 0.499. The second kappa shape index (κ2) is 7.99. The van der Waals surface area contributed by atoms with Crippen LogP contribution >= 0.6 is 0 Å². The van der Waals surface area contributed by atoms with Gasteiger partial charge in [0.15, 0.2) is 0 Å². The molecule has 0 saturated heterocycles. The molecule has 0 amide bonds. The number of unbranched alkanes of at least 4 members (excludes halogenated alkanes) is 4. The zero-order chi connectivity index (χ0) is 11.6. The lowest BCUT2D eigenvalue weighted by Gasteiger charge is -1.95. The fourth-order valence-electron chi connectivity index (χ4n) is 1.60. The van der Waals surface area contributed by atoms with Gasteiger partial charge < -0.3 is 0 Å². The van der Waals surface area contributed by atoms with Gasteiger partial charge in [-0.05, 0) is 18.9 Å². The van der Waals surface area contributed by atoms with Gasteiger partial charge in [0.25, 0.3) is 0 Å². The summed E-state index contributed by atoms with van der Waals surface area (Å²) in [7, 11) is 0. The SMILES string of the molecule is CCCCCCC#CCc1ccc(C)cc1. The normalized spacial score (nSPS) is 9.62. The smallest absolute Gasteiger partial charge is 0.0340 e. The summed E-state index contributed by atoms with van der Waals surface area (Å²) in [6, 6.07) is 8.64. The van der Waals surface area contributed by atoms with E-state index in [1.165, 1.54) is 36.8 Å². The summed E-state index contributed by atoms with van der Waals surface area (Å²) in [5.41, 5.74) is 2.64. The molecule has 0 atom stereocenters. The van der Waals surface area contributed by atoms with Crippen molar-refractivity contribution < 1.29 is 0 Å². The summed E-state index contributed by atoms with van der Waals surface area (Å²) in [5, 5.41) is 0. The minimum Gasteiger partial charge on any atom is -0.103 e. The van der Waals surface area contributed by atoms with E-state index in [1.54, 1.807) is 0 Å². The fourth-order valence-corrected chi connectivity index (χ4v) is 1.60. The summed E-state index contributed by atoms with van der Waals surface area (Å²) in [4.78, 5) is 0. The molecule has 0 bridgehead atoms. The van der Waals surface area contributed by atoms with Crippen molar-refractivity contribution in [2.45, 2.75) is 52.4 Å². The van der Waals surface area contributed by atoms with Crippen LogP contribution in [0.25, 0.3) is 0 Å². The van der Waals surface area contributed by atoms with Gasteiger partial charge in [0.1, 0.15) is 0 Å². The largest absolute Gasteiger partial charge is 0.103 e. The van der Waals surface area contributed by atoms with Crippen LogP contribution in [0.15, 0.2) is 24.3 Å². The van der Waals surface area contributed by atoms with Gasteiger partial charge >= 0.3 is 0 Å².